The first-order chi connectivity index (χ1) is 11.5. The van der Waals surface area contributed by atoms with Crippen molar-refractivity contribution in [3.8, 4) is 0 Å². The maximum absolute atomic E-state index is 12.5. The fourth-order valence-corrected chi connectivity index (χ4v) is 3.61. The molecule has 0 radical (unpaired) electrons. The minimum atomic E-state index is 0.0752. The van der Waals surface area contributed by atoms with Crippen molar-refractivity contribution in [3.05, 3.63) is 57.3 Å². The Morgan fingerprint density at radius 3 is 2.33 bits per heavy atom. The Kier molecular flexibility index (Phi) is 5.00. The Labute approximate surface area is 146 Å². The summed E-state index contributed by atoms with van der Waals surface area (Å²) in [6.07, 6.45) is 0.431. The van der Waals surface area contributed by atoms with E-state index in [1.807, 2.05) is 33.4 Å². The van der Waals surface area contributed by atoms with Gasteiger partial charge in [-0.1, -0.05) is 24.3 Å². The van der Waals surface area contributed by atoms with Gasteiger partial charge in [0.25, 0.3) is 5.91 Å². The maximum Gasteiger partial charge on any atom is 0.264 e. The highest BCUT2D eigenvalue weighted by atomic mass is 32.1. The van der Waals surface area contributed by atoms with Crippen molar-refractivity contribution in [2.24, 2.45) is 0 Å². The molecule has 1 aromatic heterocycles. The van der Waals surface area contributed by atoms with Crippen LogP contribution in [0.25, 0.3) is 0 Å². The van der Waals surface area contributed by atoms with Crippen molar-refractivity contribution < 1.29 is 9.59 Å². The van der Waals surface area contributed by atoms with Gasteiger partial charge in [-0.2, -0.15) is 0 Å². The maximum atomic E-state index is 12.5. The number of hydrogen-bond donors (Lipinski definition) is 0. The number of carbonyl (C=O) groups is 2. The zero-order valence-electron chi connectivity index (χ0n) is 14.1. The third-order valence-electron chi connectivity index (χ3n) is 4.58. The Bertz CT molecular complexity index is 732. The summed E-state index contributed by atoms with van der Waals surface area (Å²) in [6.45, 7) is 6.58. The molecule has 1 aliphatic heterocycles. The third kappa shape index (κ3) is 3.67. The van der Waals surface area contributed by atoms with Gasteiger partial charge in [-0.05, 0) is 42.0 Å². The van der Waals surface area contributed by atoms with Gasteiger partial charge in [-0.3, -0.25) is 9.59 Å². The fourth-order valence-electron chi connectivity index (χ4n) is 2.91. The van der Waals surface area contributed by atoms with Gasteiger partial charge in [-0.25, -0.2) is 0 Å². The fraction of sp³-hybridized carbons (Fsp3) is 0.368. The Balaban J connectivity index is 1.55. The number of nitrogens with zero attached hydrogens (tertiary/aromatic N) is 2. The molecule has 126 valence electrons. The number of carbonyl (C=O) groups excluding carboxylic acids is 2. The largest absolute Gasteiger partial charge is 0.339 e. The highest BCUT2D eigenvalue weighted by Gasteiger charge is 2.25. The first kappa shape index (κ1) is 16.7. The highest BCUT2D eigenvalue weighted by molar-refractivity contribution is 7.12. The van der Waals surface area contributed by atoms with E-state index >= 15 is 0 Å². The predicted octanol–water partition coefficient (Wildman–Crippen LogP) is 2.89. The summed E-state index contributed by atoms with van der Waals surface area (Å²) in [5, 5.41) is 1.91. The molecular weight excluding hydrogens is 320 g/mol. The van der Waals surface area contributed by atoms with Crippen molar-refractivity contribution in [2.45, 2.75) is 20.3 Å². The first-order valence-corrected chi connectivity index (χ1v) is 9.09. The number of rotatable bonds is 3. The zero-order valence-corrected chi connectivity index (χ0v) is 14.9. The average molecular weight is 342 g/mol. The molecule has 0 saturated carbocycles. The van der Waals surface area contributed by atoms with Crippen LogP contribution >= 0.6 is 11.3 Å². The number of hydrogen-bond acceptors (Lipinski definition) is 3. The smallest absolute Gasteiger partial charge is 0.264 e. The Hall–Kier alpha value is -2.14. The molecule has 0 bridgehead atoms. The number of amides is 2. The van der Waals surface area contributed by atoms with Crippen LogP contribution in [0.3, 0.4) is 0 Å². The molecule has 2 heterocycles. The van der Waals surface area contributed by atoms with Gasteiger partial charge in [0.05, 0.1) is 11.3 Å². The summed E-state index contributed by atoms with van der Waals surface area (Å²) >= 11 is 1.46. The van der Waals surface area contributed by atoms with E-state index < -0.39 is 0 Å². The first-order valence-electron chi connectivity index (χ1n) is 8.21. The number of thiophene rings is 1. The van der Waals surface area contributed by atoms with Crippen LogP contribution in [0.15, 0.2) is 35.7 Å². The molecule has 0 unspecified atom stereocenters. The summed E-state index contributed by atoms with van der Waals surface area (Å²) < 4.78 is 0. The lowest BCUT2D eigenvalue weighted by Gasteiger charge is -2.34. The van der Waals surface area contributed by atoms with E-state index in [9.17, 15) is 9.59 Å². The standard InChI is InChI=1S/C19H22N2O2S/c1-14-5-6-16(12-15(14)2)13-18(22)20-7-9-21(10-8-20)19(23)17-4-3-11-24-17/h3-6,11-12H,7-10,13H2,1-2H3. The zero-order chi connectivity index (χ0) is 17.1. The second kappa shape index (κ2) is 7.18. The van der Waals surface area contributed by atoms with Crippen LogP contribution in [0.5, 0.6) is 0 Å². The van der Waals surface area contributed by atoms with E-state index in [-0.39, 0.29) is 11.8 Å². The molecule has 0 N–H and O–H groups in total. The van der Waals surface area contributed by atoms with Gasteiger partial charge in [-0.15, -0.1) is 11.3 Å². The molecule has 1 fully saturated rings. The van der Waals surface area contributed by atoms with Crippen molar-refractivity contribution in [2.75, 3.05) is 26.2 Å². The van der Waals surface area contributed by atoms with Gasteiger partial charge in [0.1, 0.15) is 0 Å². The molecule has 0 aliphatic carbocycles. The van der Waals surface area contributed by atoms with Crippen molar-refractivity contribution in [3.63, 3.8) is 0 Å². The second-order valence-electron chi connectivity index (χ2n) is 6.25. The number of benzene rings is 1. The molecule has 1 saturated heterocycles. The molecule has 5 heteroatoms. The molecule has 2 amide bonds. The summed E-state index contributed by atoms with van der Waals surface area (Å²) in [5.41, 5.74) is 3.51. The summed E-state index contributed by atoms with van der Waals surface area (Å²) in [4.78, 5) is 29.3. The van der Waals surface area contributed by atoms with Crippen LogP contribution in [0.2, 0.25) is 0 Å². The predicted molar refractivity (Wildman–Crippen MR) is 96.4 cm³/mol. The molecule has 3 rings (SSSR count). The topological polar surface area (TPSA) is 40.6 Å². The van der Waals surface area contributed by atoms with Gasteiger partial charge < -0.3 is 9.80 Å². The van der Waals surface area contributed by atoms with E-state index in [1.54, 1.807) is 0 Å². The number of piperazine rings is 1. The van der Waals surface area contributed by atoms with Crippen molar-refractivity contribution in [1.29, 1.82) is 0 Å². The summed E-state index contributed by atoms with van der Waals surface area (Å²) in [5.74, 6) is 0.215. The lowest BCUT2D eigenvalue weighted by atomic mass is 10.0. The average Bonchev–Trinajstić information content (AvgIpc) is 3.12. The van der Waals surface area contributed by atoms with E-state index in [0.29, 0.717) is 32.6 Å². The van der Waals surface area contributed by atoms with E-state index in [4.69, 9.17) is 0 Å². The summed E-state index contributed by atoms with van der Waals surface area (Å²) in [6, 6.07) is 9.92. The van der Waals surface area contributed by atoms with E-state index in [1.165, 1.54) is 22.5 Å². The van der Waals surface area contributed by atoms with Crippen LogP contribution in [0, 0.1) is 13.8 Å². The molecule has 1 aromatic carbocycles. The van der Waals surface area contributed by atoms with Gasteiger partial charge in [0.15, 0.2) is 0 Å². The molecule has 4 nitrogen and oxygen atoms in total. The highest BCUT2D eigenvalue weighted by Crippen LogP contribution is 2.15. The second-order valence-corrected chi connectivity index (χ2v) is 7.19. The molecule has 0 atom stereocenters. The van der Waals surface area contributed by atoms with Gasteiger partial charge >= 0.3 is 0 Å². The van der Waals surface area contributed by atoms with Crippen LogP contribution in [0.1, 0.15) is 26.4 Å². The third-order valence-corrected chi connectivity index (χ3v) is 5.44. The minimum absolute atomic E-state index is 0.0752. The molecule has 24 heavy (non-hydrogen) atoms. The lowest BCUT2D eigenvalue weighted by Crippen LogP contribution is -2.50. The molecule has 1 aliphatic rings. The van der Waals surface area contributed by atoms with E-state index in [0.717, 1.165) is 10.4 Å². The molecular formula is C19H22N2O2S. The SMILES string of the molecule is Cc1ccc(CC(=O)N2CCN(C(=O)c3cccs3)CC2)cc1C. The normalized spacial score (nSPS) is 14.8. The molecule has 2 aromatic rings. The molecule has 0 spiro atoms. The quantitative estimate of drug-likeness (QED) is 0.860. The number of aryl methyl sites for hydroxylation is 2. The van der Waals surface area contributed by atoms with Gasteiger partial charge in [0.2, 0.25) is 5.91 Å². The monoisotopic (exact) mass is 342 g/mol. The van der Waals surface area contributed by atoms with Crippen LogP contribution in [-0.2, 0) is 11.2 Å². The van der Waals surface area contributed by atoms with E-state index in [2.05, 4.69) is 26.0 Å². The van der Waals surface area contributed by atoms with Crippen molar-refractivity contribution in [1.82, 2.24) is 9.80 Å². The van der Waals surface area contributed by atoms with Gasteiger partial charge in [0, 0.05) is 26.2 Å². The lowest BCUT2D eigenvalue weighted by molar-refractivity contribution is -0.131. The van der Waals surface area contributed by atoms with Crippen molar-refractivity contribution >= 4 is 23.2 Å². The Morgan fingerprint density at radius 2 is 1.71 bits per heavy atom. The van der Waals surface area contributed by atoms with Crippen LogP contribution < -0.4 is 0 Å². The minimum Gasteiger partial charge on any atom is -0.339 e. The summed E-state index contributed by atoms with van der Waals surface area (Å²) in [7, 11) is 0. The Morgan fingerprint density at radius 1 is 1.00 bits per heavy atom. The van der Waals surface area contributed by atoms with Crippen LogP contribution in [0.4, 0.5) is 0 Å². The van der Waals surface area contributed by atoms with Crippen LogP contribution in [-0.4, -0.2) is 47.8 Å².